The highest BCUT2D eigenvalue weighted by molar-refractivity contribution is 6.02. The van der Waals surface area contributed by atoms with Gasteiger partial charge in [0, 0.05) is 43.1 Å². The molecule has 2 heterocycles. The number of rotatable bonds is 4. The number of halogens is 1. The average molecular weight is 400 g/mol. The van der Waals surface area contributed by atoms with Crippen molar-refractivity contribution in [2.24, 2.45) is 0 Å². The number of anilines is 1. The lowest BCUT2D eigenvalue weighted by atomic mass is 10.0. The van der Waals surface area contributed by atoms with Crippen LogP contribution in [0.4, 0.5) is 14.9 Å². The van der Waals surface area contributed by atoms with E-state index < -0.39 is 0 Å². The van der Waals surface area contributed by atoms with Gasteiger partial charge in [0.15, 0.2) is 5.78 Å². The number of carbonyl (C=O) groups is 3. The lowest BCUT2D eigenvalue weighted by Gasteiger charge is -2.34. The van der Waals surface area contributed by atoms with Gasteiger partial charge in [0.05, 0.1) is 0 Å². The van der Waals surface area contributed by atoms with Gasteiger partial charge in [0.25, 0.3) is 5.91 Å². The number of Topliss-reactive ketones (excluding diaryl/α,β-unsaturated/α-hetero) is 1. The van der Waals surface area contributed by atoms with Gasteiger partial charge < -0.3 is 20.1 Å². The zero-order valence-electron chi connectivity index (χ0n) is 16.8. The van der Waals surface area contributed by atoms with E-state index in [9.17, 15) is 18.8 Å². The van der Waals surface area contributed by atoms with Crippen LogP contribution in [0, 0.1) is 12.7 Å². The second-order valence-electron chi connectivity index (χ2n) is 7.10. The molecule has 2 N–H and O–H groups in total. The molecule has 1 saturated heterocycles. The lowest BCUT2D eigenvalue weighted by molar-refractivity contribution is 0.0665. The van der Waals surface area contributed by atoms with Crippen LogP contribution in [0.2, 0.25) is 0 Å². The normalized spacial score (nSPS) is 14.1. The monoisotopic (exact) mass is 400 g/mol. The van der Waals surface area contributed by atoms with Gasteiger partial charge in [-0.25, -0.2) is 9.18 Å². The third-order valence-electron chi connectivity index (χ3n) is 5.16. The summed E-state index contributed by atoms with van der Waals surface area (Å²) >= 11 is 0. The molecule has 1 aromatic heterocycles. The molecule has 0 atom stereocenters. The maximum atomic E-state index is 13.0. The number of nitrogens with one attached hydrogen (secondary N) is 2. The molecule has 1 aliphatic rings. The number of piperazine rings is 1. The molecule has 0 spiro atoms. The summed E-state index contributed by atoms with van der Waals surface area (Å²) in [5.74, 6) is -0.581. The number of aromatic amines is 1. The maximum Gasteiger partial charge on any atom is 0.321 e. The fourth-order valence-electron chi connectivity index (χ4n) is 3.70. The Morgan fingerprint density at radius 3 is 2.21 bits per heavy atom. The highest BCUT2D eigenvalue weighted by Crippen LogP contribution is 2.22. The number of hydrogen-bond acceptors (Lipinski definition) is 3. The Morgan fingerprint density at radius 2 is 1.66 bits per heavy atom. The minimum absolute atomic E-state index is 0.0584. The number of nitrogens with zero attached hydrogens (tertiary/aromatic N) is 2. The highest BCUT2D eigenvalue weighted by atomic mass is 19.1. The van der Waals surface area contributed by atoms with Gasteiger partial charge in [-0.15, -0.1) is 0 Å². The quantitative estimate of drug-likeness (QED) is 0.773. The van der Waals surface area contributed by atoms with E-state index in [-0.39, 0.29) is 23.5 Å². The molecule has 1 fully saturated rings. The molecule has 0 aliphatic carbocycles. The number of hydrogen-bond donors (Lipinski definition) is 2. The zero-order valence-corrected chi connectivity index (χ0v) is 16.8. The first-order valence-electron chi connectivity index (χ1n) is 9.65. The first-order valence-corrected chi connectivity index (χ1v) is 9.65. The second kappa shape index (κ2) is 8.46. The number of aromatic nitrogens is 1. The third-order valence-corrected chi connectivity index (χ3v) is 5.16. The molecular weight excluding hydrogens is 375 g/mol. The fourth-order valence-corrected chi connectivity index (χ4v) is 3.70. The molecule has 0 radical (unpaired) electrons. The van der Waals surface area contributed by atoms with Crippen molar-refractivity contribution in [2.45, 2.75) is 27.2 Å². The standard InChI is InChI=1S/C21H25FN4O3/c1-4-17-18(14(3)27)13(2)23-19(17)20(28)25-9-11-26(12-10-25)21(29)24-16-7-5-15(22)6-8-16/h5-8,23H,4,9-12H2,1-3H3,(H,24,29). The average Bonchev–Trinajstić information content (AvgIpc) is 3.05. The third kappa shape index (κ3) is 4.31. The molecule has 8 heteroatoms. The minimum atomic E-state index is -0.367. The van der Waals surface area contributed by atoms with Gasteiger partial charge in [0.1, 0.15) is 11.5 Å². The van der Waals surface area contributed by atoms with Crippen LogP contribution in [0.15, 0.2) is 24.3 Å². The minimum Gasteiger partial charge on any atom is -0.354 e. The molecule has 1 aromatic carbocycles. The second-order valence-corrected chi connectivity index (χ2v) is 7.10. The number of amides is 3. The molecule has 0 saturated carbocycles. The maximum absolute atomic E-state index is 13.0. The van der Waals surface area contributed by atoms with E-state index in [2.05, 4.69) is 10.3 Å². The summed E-state index contributed by atoms with van der Waals surface area (Å²) in [5, 5.41) is 2.73. The summed E-state index contributed by atoms with van der Waals surface area (Å²) in [6.45, 7) is 6.79. The van der Waals surface area contributed by atoms with Crippen LogP contribution in [0.1, 0.15) is 46.0 Å². The van der Waals surface area contributed by atoms with Crippen molar-refractivity contribution in [1.82, 2.24) is 14.8 Å². The van der Waals surface area contributed by atoms with Gasteiger partial charge in [-0.3, -0.25) is 9.59 Å². The summed E-state index contributed by atoms with van der Waals surface area (Å²) < 4.78 is 13.0. The summed E-state index contributed by atoms with van der Waals surface area (Å²) in [7, 11) is 0. The molecule has 0 bridgehead atoms. The Labute approximate surface area is 168 Å². The number of carbonyl (C=O) groups excluding carboxylic acids is 3. The highest BCUT2D eigenvalue weighted by Gasteiger charge is 2.29. The fraction of sp³-hybridized carbons (Fsp3) is 0.381. The van der Waals surface area contributed by atoms with Crippen molar-refractivity contribution in [1.29, 1.82) is 0 Å². The van der Waals surface area contributed by atoms with Gasteiger partial charge in [0.2, 0.25) is 0 Å². The predicted molar refractivity (Wildman–Crippen MR) is 108 cm³/mol. The summed E-state index contributed by atoms with van der Waals surface area (Å²) in [6, 6.07) is 5.28. The van der Waals surface area contributed by atoms with E-state index >= 15 is 0 Å². The zero-order chi connectivity index (χ0) is 21.1. The Bertz CT molecular complexity index is 928. The van der Waals surface area contributed by atoms with Crippen LogP contribution in [0.25, 0.3) is 0 Å². The van der Waals surface area contributed by atoms with Crippen LogP contribution >= 0.6 is 0 Å². The molecule has 7 nitrogen and oxygen atoms in total. The van der Waals surface area contributed by atoms with Crippen molar-refractivity contribution in [3.05, 3.63) is 52.6 Å². The first-order chi connectivity index (χ1) is 13.8. The van der Waals surface area contributed by atoms with E-state index in [0.29, 0.717) is 55.2 Å². The van der Waals surface area contributed by atoms with Crippen molar-refractivity contribution >= 4 is 23.4 Å². The summed E-state index contributed by atoms with van der Waals surface area (Å²) in [6.07, 6.45) is 0.584. The Morgan fingerprint density at radius 1 is 1.07 bits per heavy atom. The molecule has 0 unspecified atom stereocenters. The van der Waals surface area contributed by atoms with Crippen molar-refractivity contribution in [3.63, 3.8) is 0 Å². The Hall–Kier alpha value is -3.16. The number of aryl methyl sites for hydroxylation is 1. The molecule has 29 heavy (non-hydrogen) atoms. The summed E-state index contributed by atoms with van der Waals surface area (Å²) in [5.41, 5.74) is 3.01. The van der Waals surface area contributed by atoms with E-state index in [1.807, 2.05) is 6.92 Å². The topological polar surface area (TPSA) is 85.5 Å². The van der Waals surface area contributed by atoms with Gasteiger partial charge >= 0.3 is 6.03 Å². The SMILES string of the molecule is CCc1c(C(=O)N2CCN(C(=O)Nc3ccc(F)cc3)CC2)[nH]c(C)c1C(C)=O. The predicted octanol–water partition coefficient (Wildman–Crippen LogP) is 3.22. The Kier molecular flexibility index (Phi) is 6.00. The van der Waals surface area contributed by atoms with Gasteiger partial charge in [-0.05, 0) is 50.1 Å². The van der Waals surface area contributed by atoms with E-state index in [1.165, 1.54) is 31.2 Å². The van der Waals surface area contributed by atoms with Crippen molar-refractivity contribution in [3.8, 4) is 0 Å². The van der Waals surface area contributed by atoms with Gasteiger partial charge in [-0.2, -0.15) is 0 Å². The van der Waals surface area contributed by atoms with E-state index in [0.717, 1.165) is 5.56 Å². The van der Waals surface area contributed by atoms with Crippen LogP contribution < -0.4 is 5.32 Å². The summed E-state index contributed by atoms with van der Waals surface area (Å²) in [4.78, 5) is 43.7. The number of ketones is 1. The molecule has 154 valence electrons. The van der Waals surface area contributed by atoms with Crippen LogP contribution in [-0.2, 0) is 6.42 Å². The van der Waals surface area contributed by atoms with Crippen LogP contribution in [0.3, 0.4) is 0 Å². The molecule has 1 aliphatic heterocycles. The largest absolute Gasteiger partial charge is 0.354 e. The molecule has 3 rings (SSSR count). The molecule has 3 amide bonds. The van der Waals surface area contributed by atoms with Crippen LogP contribution in [0.5, 0.6) is 0 Å². The number of H-pyrrole nitrogens is 1. The smallest absolute Gasteiger partial charge is 0.321 e. The first kappa shape index (κ1) is 20.6. The van der Waals surface area contributed by atoms with E-state index in [4.69, 9.17) is 0 Å². The van der Waals surface area contributed by atoms with Crippen LogP contribution in [-0.4, -0.2) is 58.7 Å². The number of urea groups is 1. The molecule has 2 aromatic rings. The number of benzene rings is 1. The molecular formula is C21H25FN4O3. The Balaban J connectivity index is 1.64. The van der Waals surface area contributed by atoms with Gasteiger partial charge in [-0.1, -0.05) is 6.92 Å². The van der Waals surface area contributed by atoms with Crippen molar-refractivity contribution < 1.29 is 18.8 Å². The van der Waals surface area contributed by atoms with Crippen molar-refractivity contribution in [2.75, 3.05) is 31.5 Å². The van der Waals surface area contributed by atoms with E-state index in [1.54, 1.807) is 16.7 Å². The lowest BCUT2D eigenvalue weighted by Crippen LogP contribution is -2.51.